The number of aromatic nitrogens is 6. The Labute approximate surface area is 425 Å². The molecule has 3 aliphatic rings. The predicted molar refractivity (Wildman–Crippen MR) is 278 cm³/mol. The lowest BCUT2D eigenvalue weighted by Gasteiger charge is -2.39. The van der Waals surface area contributed by atoms with Gasteiger partial charge in [0.25, 0.3) is 11.5 Å². The zero-order chi connectivity index (χ0) is 51.5. The molecule has 3 fully saturated rings. The number of fused-ring (bicyclic) bond motifs is 1. The fourth-order valence-corrected chi connectivity index (χ4v) is 9.20. The number of hydrogen-bond donors (Lipinski definition) is 3. The molecule has 3 saturated heterocycles. The van der Waals surface area contributed by atoms with Gasteiger partial charge < -0.3 is 35.0 Å². The summed E-state index contributed by atoms with van der Waals surface area (Å²) in [5, 5.41) is 14.1. The maximum atomic E-state index is 13.5. The van der Waals surface area contributed by atoms with Gasteiger partial charge in [0.15, 0.2) is 5.69 Å². The molecule has 3 amide bonds. The van der Waals surface area contributed by atoms with Gasteiger partial charge in [0.1, 0.15) is 30.6 Å². The summed E-state index contributed by atoms with van der Waals surface area (Å²) in [4.78, 5) is 85.0. The van der Waals surface area contributed by atoms with Gasteiger partial charge >= 0.3 is 0 Å². The Morgan fingerprint density at radius 2 is 1.52 bits per heavy atom. The summed E-state index contributed by atoms with van der Waals surface area (Å²) in [7, 11) is 1.85. The number of piperidine rings is 1. The summed E-state index contributed by atoms with van der Waals surface area (Å²) in [5.74, 6) is 1.16. The first-order valence-electron chi connectivity index (χ1n) is 25.0. The van der Waals surface area contributed by atoms with Crippen molar-refractivity contribution in [3.63, 3.8) is 0 Å². The van der Waals surface area contributed by atoms with E-state index in [0.29, 0.717) is 80.6 Å². The smallest absolute Gasteiger partial charge is 0.274 e. The number of halogens is 1. The third-order valence-electron chi connectivity index (χ3n) is 13.5. The number of carbonyl (C=O) groups excluding carboxylic acids is 4. The van der Waals surface area contributed by atoms with E-state index in [1.54, 1.807) is 30.0 Å². The molecule has 3 N–H and O–H groups in total. The van der Waals surface area contributed by atoms with Gasteiger partial charge in [-0.25, -0.2) is 29.4 Å². The quantitative estimate of drug-likeness (QED) is 0.0973. The Hall–Kier alpha value is -7.35. The number of aldehydes is 1. The summed E-state index contributed by atoms with van der Waals surface area (Å²) in [5.41, 5.74) is 6.81. The van der Waals surface area contributed by atoms with Crippen LogP contribution in [0.3, 0.4) is 0 Å². The number of carbonyl (C=O) groups is 4. The van der Waals surface area contributed by atoms with E-state index in [1.807, 2.05) is 47.3 Å². The molecule has 18 nitrogen and oxygen atoms in total. The van der Waals surface area contributed by atoms with Gasteiger partial charge in [0, 0.05) is 103 Å². The first kappa shape index (κ1) is 53.4. The number of aromatic amines is 1. The monoisotopic (exact) mass is 996 g/mol. The van der Waals surface area contributed by atoms with Crippen molar-refractivity contribution in [1.82, 2.24) is 59.9 Å². The Morgan fingerprint density at radius 1 is 0.795 bits per heavy atom. The predicted octanol–water partition coefficient (Wildman–Crippen LogP) is 4.24. The molecule has 0 atom stereocenters. The van der Waals surface area contributed by atoms with Gasteiger partial charge in [-0.2, -0.15) is 5.10 Å². The zero-order valence-corrected chi connectivity index (χ0v) is 42.0. The number of amides is 3. The molecule has 3 aliphatic heterocycles. The van der Waals surface area contributed by atoms with E-state index in [-0.39, 0.29) is 23.2 Å². The molecule has 0 radical (unpaired) electrons. The highest BCUT2D eigenvalue weighted by Gasteiger charge is 2.29. The number of pyridine rings is 1. The number of piperazine rings is 2. The van der Waals surface area contributed by atoms with Crippen molar-refractivity contribution in [2.75, 3.05) is 97.4 Å². The largest absolute Gasteiger partial charge is 0.386 e. The zero-order valence-electron chi connectivity index (χ0n) is 42.0. The summed E-state index contributed by atoms with van der Waals surface area (Å²) < 4.78 is 13.3. The molecule has 3 aromatic carbocycles. The van der Waals surface area contributed by atoms with Crippen LogP contribution in [0.2, 0.25) is 0 Å². The Kier molecular flexibility index (Phi) is 19.7. The van der Waals surface area contributed by atoms with E-state index in [4.69, 9.17) is 0 Å². The van der Waals surface area contributed by atoms with Crippen molar-refractivity contribution >= 4 is 41.0 Å². The number of anilines is 1. The minimum Gasteiger partial charge on any atom is -0.386 e. The molecule has 0 bridgehead atoms. The molecule has 6 aromatic rings. The molecule has 9 rings (SSSR count). The lowest BCUT2D eigenvalue weighted by molar-refractivity contribution is -0.136. The molecule has 0 aliphatic carbocycles. The van der Waals surface area contributed by atoms with Gasteiger partial charge in [-0.3, -0.25) is 24.1 Å². The van der Waals surface area contributed by atoms with E-state index in [1.165, 1.54) is 24.3 Å². The van der Waals surface area contributed by atoms with Crippen LogP contribution < -0.4 is 16.2 Å². The van der Waals surface area contributed by atoms with Crippen molar-refractivity contribution < 1.29 is 23.6 Å². The highest BCUT2D eigenvalue weighted by Crippen LogP contribution is 2.28. The van der Waals surface area contributed by atoms with E-state index in [9.17, 15) is 28.4 Å². The standard InChI is InChI=1S/C32H45N7O3.C16H13FN2O.C6H8N4O/c1-3-25-5-4-6-27(19-25)28-20-29(33-2)31(34-21-28)32(42)39-9-7-26(8-10-39)22-35-11-13-36(14-12-35)23-30(41)38-17-15-37(24-40)16-18-38;1-10-8-11(6-7-14(10)17)9-15-12-4-2-3-5-13(12)16(20)19-18-15;11-2-1-7-3-6-9-4-8-5-10-6/h4-6,19-21,24,26,33H,3,7-18,22-23H2,1-2H3;2-8H,9H2,1H3,(H,19,20);2,4-5,7H,1,3H2. The van der Waals surface area contributed by atoms with E-state index >= 15 is 0 Å². The second-order valence-electron chi connectivity index (χ2n) is 18.4. The molecule has 0 unspecified atom stereocenters. The number of likely N-dealkylation sites (tertiary alicyclic amines) is 1. The fourth-order valence-electron chi connectivity index (χ4n) is 9.20. The summed E-state index contributed by atoms with van der Waals surface area (Å²) in [6.07, 6.45) is 9.84. The molecule has 19 heteroatoms. The van der Waals surface area contributed by atoms with Crippen LogP contribution in [0.15, 0.2) is 96.4 Å². The second kappa shape index (κ2) is 26.9. The summed E-state index contributed by atoms with van der Waals surface area (Å²) >= 11 is 0. The van der Waals surface area contributed by atoms with Crippen molar-refractivity contribution in [2.24, 2.45) is 5.92 Å². The number of nitrogens with zero attached hydrogens (tertiary/aromatic N) is 10. The third-order valence-corrected chi connectivity index (χ3v) is 13.5. The Morgan fingerprint density at radius 3 is 2.21 bits per heavy atom. The Bertz CT molecular complexity index is 2830. The third kappa shape index (κ3) is 15.1. The minimum absolute atomic E-state index is 0.00230. The molecule has 73 heavy (non-hydrogen) atoms. The topological polar surface area (TPSA) is 206 Å². The molecule has 384 valence electrons. The number of H-pyrrole nitrogens is 1. The molecule has 0 spiro atoms. The normalized spacial score (nSPS) is 15.4. The van der Waals surface area contributed by atoms with Gasteiger partial charge in [-0.15, -0.1) is 0 Å². The maximum Gasteiger partial charge on any atom is 0.274 e. The fraction of sp³-hybridized carbons (Fsp3) is 0.407. The van der Waals surface area contributed by atoms with Crippen LogP contribution in [0.4, 0.5) is 10.1 Å². The maximum absolute atomic E-state index is 13.5. The van der Waals surface area contributed by atoms with Crippen LogP contribution in [0, 0.1) is 18.7 Å². The number of hydrogen-bond acceptors (Lipinski definition) is 14. The van der Waals surface area contributed by atoms with Gasteiger partial charge in [-0.05, 0) is 72.6 Å². The van der Waals surface area contributed by atoms with Gasteiger partial charge in [-0.1, -0.05) is 61.5 Å². The second-order valence-corrected chi connectivity index (χ2v) is 18.4. The van der Waals surface area contributed by atoms with Crippen molar-refractivity contribution in [2.45, 2.75) is 46.1 Å². The highest BCUT2D eigenvalue weighted by atomic mass is 19.1. The van der Waals surface area contributed by atoms with Crippen molar-refractivity contribution in [3.8, 4) is 11.1 Å². The van der Waals surface area contributed by atoms with Crippen LogP contribution in [0.5, 0.6) is 0 Å². The molecular formula is C54H66FN13O5. The van der Waals surface area contributed by atoms with E-state index in [2.05, 4.69) is 81.8 Å². The van der Waals surface area contributed by atoms with Crippen LogP contribution in [-0.2, 0) is 33.8 Å². The van der Waals surface area contributed by atoms with Gasteiger partial charge in [0.2, 0.25) is 12.3 Å². The van der Waals surface area contributed by atoms with Crippen LogP contribution in [0.1, 0.15) is 58.5 Å². The molecule has 0 saturated carbocycles. The Balaban J connectivity index is 0.000000205. The van der Waals surface area contributed by atoms with Crippen molar-refractivity contribution in [3.05, 3.63) is 142 Å². The lowest BCUT2D eigenvalue weighted by Crippen LogP contribution is -2.54. The average molecular weight is 996 g/mol. The molecule has 6 heterocycles. The van der Waals surface area contributed by atoms with Crippen molar-refractivity contribution in [1.29, 1.82) is 0 Å². The SMILES string of the molecule is CCc1cccc(-c2cnc(C(=O)N3CCC(CN4CCN(CC(=O)N5CCN(C=O)CC5)CC4)CC3)c(NC)c2)c1.Cc1cc(Cc2n[nH]c(=O)c3ccccc23)ccc1F.O=CCNCc1ncncn1. The molecule has 3 aromatic heterocycles. The number of rotatable bonds is 15. The van der Waals surface area contributed by atoms with Gasteiger partial charge in [0.05, 0.1) is 36.4 Å². The first-order chi connectivity index (χ1) is 35.5. The minimum atomic E-state index is -0.215. The number of nitrogens with one attached hydrogen (secondary N) is 3. The van der Waals surface area contributed by atoms with Crippen LogP contribution >= 0.6 is 0 Å². The van der Waals surface area contributed by atoms with Crippen LogP contribution in [0.25, 0.3) is 21.9 Å². The number of benzene rings is 3. The first-order valence-corrected chi connectivity index (χ1v) is 25.0. The number of aryl methyl sites for hydroxylation is 2. The lowest BCUT2D eigenvalue weighted by atomic mass is 9.95. The summed E-state index contributed by atoms with van der Waals surface area (Å²) in [6, 6.07) is 22.8. The van der Waals surface area contributed by atoms with Crippen LogP contribution in [-0.4, -0.2) is 171 Å². The summed E-state index contributed by atoms with van der Waals surface area (Å²) in [6.45, 7) is 14.0. The highest BCUT2D eigenvalue weighted by molar-refractivity contribution is 5.98. The average Bonchev–Trinajstić information content (AvgIpc) is 3.44. The van der Waals surface area contributed by atoms with E-state index in [0.717, 1.165) is 111 Å². The van der Waals surface area contributed by atoms with E-state index < -0.39 is 0 Å². The molecular weight excluding hydrogens is 930 g/mol.